The molecule has 0 saturated carbocycles. The van der Waals surface area contributed by atoms with Gasteiger partial charge in [-0.15, -0.1) is 0 Å². The second-order valence-electron chi connectivity index (χ2n) is 4.43. The van der Waals surface area contributed by atoms with Gasteiger partial charge in [0.05, 0.1) is 6.10 Å². The predicted molar refractivity (Wildman–Crippen MR) is 79.9 cm³/mol. The molecule has 19 heavy (non-hydrogen) atoms. The SMILES string of the molecule is COC(C)CCC(=O)NCc1cccc(C(N)=S)c1. The summed E-state index contributed by atoms with van der Waals surface area (Å²) in [5.74, 6) is 0.0182. The van der Waals surface area contributed by atoms with Crippen molar-refractivity contribution >= 4 is 23.1 Å². The van der Waals surface area contributed by atoms with Crippen LogP contribution >= 0.6 is 12.2 Å². The minimum atomic E-state index is 0.0182. The van der Waals surface area contributed by atoms with Crippen LogP contribution in [0.25, 0.3) is 0 Å². The van der Waals surface area contributed by atoms with E-state index in [1.807, 2.05) is 31.2 Å². The summed E-state index contributed by atoms with van der Waals surface area (Å²) in [5, 5.41) is 2.87. The van der Waals surface area contributed by atoms with Gasteiger partial charge in [0.2, 0.25) is 5.91 Å². The summed E-state index contributed by atoms with van der Waals surface area (Å²) in [6, 6.07) is 7.55. The summed E-state index contributed by atoms with van der Waals surface area (Å²) in [6.07, 6.45) is 1.28. The molecule has 1 unspecified atom stereocenters. The molecular formula is C14H20N2O2S. The Morgan fingerprint density at radius 2 is 2.26 bits per heavy atom. The molecule has 1 rings (SSSR count). The summed E-state index contributed by atoms with van der Waals surface area (Å²) in [5.41, 5.74) is 7.36. The van der Waals surface area contributed by atoms with Crippen molar-refractivity contribution in [2.75, 3.05) is 7.11 Å². The number of amides is 1. The van der Waals surface area contributed by atoms with E-state index in [2.05, 4.69) is 5.32 Å². The highest BCUT2D eigenvalue weighted by atomic mass is 32.1. The van der Waals surface area contributed by atoms with E-state index in [4.69, 9.17) is 22.7 Å². The molecule has 1 amide bonds. The Morgan fingerprint density at radius 1 is 1.53 bits per heavy atom. The average Bonchev–Trinajstić information content (AvgIpc) is 2.42. The molecule has 0 aliphatic carbocycles. The summed E-state index contributed by atoms with van der Waals surface area (Å²) in [7, 11) is 1.64. The maximum atomic E-state index is 11.6. The lowest BCUT2D eigenvalue weighted by atomic mass is 10.1. The van der Waals surface area contributed by atoms with Gasteiger partial charge in [-0.3, -0.25) is 4.79 Å². The number of thiocarbonyl (C=S) groups is 1. The van der Waals surface area contributed by atoms with Crippen LogP contribution in [0.15, 0.2) is 24.3 Å². The second kappa shape index (κ2) is 7.86. The van der Waals surface area contributed by atoms with Gasteiger partial charge < -0.3 is 15.8 Å². The van der Waals surface area contributed by atoms with E-state index in [0.717, 1.165) is 17.5 Å². The first-order chi connectivity index (χ1) is 9.02. The van der Waals surface area contributed by atoms with Crippen LogP contribution in [0.2, 0.25) is 0 Å². The topological polar surface area (TPSA) is 64.3 Å². The first kappa shape index (κ1) is 15.6. The molecule has 1 aromatic rings. The average molecular weight is 280 g/mol. The minimum Gasteiger partial charge on any atom is -0.389 e. The van der Waals surface area contributed by atoms with Gasteiger partial charge >= 0.3 is 0 Å². The highest BCUT2D eigenvalue weighted by molar-refractivity contribution is 7.80. The quantitative estimate of drug-likeness (QED) is 0.747. The van der Waals surface area contributed by atoms with Crippen molar-refractivity contribution in [1.82, 2.24) is 5.32 Å². The van der Waals surface area contributed by atoms with Crippen molar-refractivity contribution in [3.63, 3.8) is 0 Å². The third-order valence-corrected chi connectivity index (χ3v) is 3.12. The van der Waals surface area contributed by atoms with Crippen LogP contribution in [0.3, 0.4) is 0 Å². The molecule has 0 aliphatic heterocycles. The Balaban J connectivity index is 2.42. The van der Waals surface area contributed by atoms with Crippen LogP contribution < -0.4 is 11.1 Å². The van der Waals surface area contributed by atoms with Gasteiger partial charge in [0.1, 0.15) is 4.99 Å². The zero-order valence-electron chi connectivity index (χ0n) is 11.3. The Kier molecular flexibility index (Phi) is 6.45. The van der Waals surface area contributed by atoms with Crippen molar-refractivity contribution in [2.45, 2.75) is 32.4 Å². The molecule has 4 nitrogen and oxygen atoms in total. The van der Waals surface area contributed by atoms with E-state index >= 15 is 0 Å². The highest BCUT2D eigenvalue weighted by Crippen LogP contribution is 2.06. The lowest BCUT2D eigenvalue weighted by molar-refractivity contribution is -0.121. The largest absolute Gasteiger partial charge is 0.389 e. The summed E-state index contributed by atoms with van der Waals surface area (Å²) in [4.78, 5) is 12.0. The van der Waals surface area contributed by atoms with Gasteiger partial charge in [0.15, 0.2) is 0 Å². The van der Waals surface area contributed by atoms with E-state index in [1.54, 1.807) is 7.11 Å². The molecule has 0 heterocycles. The van der Waals surface area contributed by atoms with Gasteiger partial charge in [-0.1, -0.05) is 30.4 Å². The van der Waals surface area contributed by atoms with Gasteiger partial charge in [0, 0.05) is 25.6 Å². The molecule has 0 saturated heterocycles. The summed E-state index contributed by atoms with van der Waals surface area (Å²) >= 11 is 4.92. The molecule has 0 aliphatic rings. The van der Waals surface area contributed by atoms with Crippen molar-refractivity contribution in [1.29, 1.82) is 0 Å². The molecule has 3 N–H and O–H groups in total. The maximum absolute atomic E-state index is 11.6. The molecule has 104 valence electrons. The highest BCUT2D eigenvalue weighted by Gasteiger charge is 2.06. The van der Waals surface area contributed by atoms with Crippen LogP contribution in [0, 0.1) is 0 Å². The van der Waals surface area contributed by atoms with E-state index in [9.17, 15) is 4.79 Å². The number of benzene rings is 1. The lowest BCUT2D eigenvalue weighted by Crippen LogP contribution is -2.24. The van der Waals surface area contributed by atoms with Gasteiger partial charge in [-0.25, -0.2) is 0 Å². The van der Waals surface area contributed by atoms with E-state index < -0.39 is 0 Å². The zero-order valence-corrected chi connectivity index (χ0v) is 12.1. The number of carbonyl (C=O) groups is 1. The summed E-state index contributed by atoms with van der Waals surface area (Å²) in [6.45, 7) is 2.43. The standard InChI is InChI=1S/C14H20N2O2S/c1-10(18-2)6-7-13(17)16-9-11-4-3-5-12(8-11)14(15)19/h3-5,8,10H,6-7,9H2,1-2H3,(H2,15,19)(H,16,17). The van der Waals surface area contributed by atoms with Gasteiger partial charge in [0.25, 0.3) is 0 Å². The molecule has 1 atom stereocenters. The number of methoxy groups -OCH3 is 1. The fourth-order valence-electron chi connectivity index (χ4n) is 1.58. The van der Waals surface area contributed by atoms with Crippen molar-refractivity contribution in [2.24, 2.45) is 5.73 Å². The Bertz CT molecular complexity index is 449. The van der Waals surface area contributed by atoms with Crippen LogP contribution in [0.4, 0.5) is 0 Å². The number of nitrogens with two attached hydrogens (primary N) is 1. The fraction of sp³-hybridized carbons (Fsp3) is 0.429. The third-order valence-electron chi connectivity index (χ3n) is 2.88. The molecule has 0 radical (unpaired) electrons. The third kappa shape index (κ3) is 5.81. The van der Waals surface area contributed by atoms with Crippen molar-refractivity contribution in [3.8, 4) is 0 Å². The van der Waals surface area contributed by atoms with Crippen LogP contribution in [0.1, 0.15) is 30.9 Å². The molecule has 5 heteroatoms. The first-order valence-electron chi connectivity index (χ1n) is 6.21. The number of nitrogens with one attached hydrogen (secondary N) is 1. The molecule has 1 aromatic carbocycles. The number of rotatable bonds is 7. The maximum Gasteiger partial charge on any atom is 0.220 e. The second-order valence-corrected chi connectivity index (χ2v) is 4.87. The van der Waals surface area contributed by atoms with Crippen molar-refractivity contribution in [3.05, 3.63) is 35.4 Å². The Labute approximate surface area is 119 Å². The monoisotopic (exact) mass is 280 g/mol. The minimum absolute atomic E-state index is 0.0182. The first-order valence-corrected chi connectivity index (χ1v) is 6.62. The number of hydrogen-bond acceptors (Lipinski definition) is 3. The van der Waals surface area contributed by atoms with Crippen LogP contribution in [0.5, 0.6) is 0 Å². The predicted octanol–water partition coefficient (Wildman–Crippen LogP) is 1.75. The molecule has 0 fully saturated rings. The Hall–Kier alpha value is -1.46. The van der Waals surface area contributed by atoms with Crippen LogP contribution in [-0.4, -0.2) is 24.1 Å². The van der Waals surface area contributed by atoms with Gasteiger partial charge in [-0.2, -0.15) is 0 Å². The van der Waals surface area contributed by atoms with Crippen LogP contribution in [-0.2, 0) is 16.1 Å². The van der Waals surface area contributed by atoms with Gasteiger partial charge in [-0.05, 0) is 25.0 Å². The molecule has 0 aromatic heterocycles. The smallest absolute Gasteiger partial charge is 0.220 e. The molecule has 0 spiro atoms. The van der Waals surface area contributed by atoms with Crippen molar-refractivity contribution < 1.29 is 9.53 Å². The number of hydrogen-bond donors (Lipinski definition) is 2. The summed E-state index contributed by atoms with van der Waals surface area (Å²) < 4.78 is 5.10. The van der Waals surface area contributed by atoms with E-state index in [-0.39, 0.29) is 12.0 Å². The van der Waals surface area contributed by atoms with E-state index in [0.29, 0.717) is 18.0 Å². The normalized spacial score (nSPS) is 11.9. The lowest BCUT2D eigenvalue weighted by Gasteiger charge is -2.10. The molecular weight excluding hydrogens is 260 g/mol. The number of carbonyl (C=O) groups excluding carboxylic acids is 1. The zero-order chi connectivity index (χ0) is 14.3. The number of ether oxygens (including phenoxy) is 1. The molecule has 0 bridgehead atoms. The Morgan fingerprint density at radius 3 is 2.89 bits per heavy atom. The fourth-order valence-corrected chi connectivity index (χ4v) is 1.70. The van der Waals surface area contributed by atoms with E-state index in [1.165, 1.54) is 0 Å².